The molecule has 2 aromatic carbocycles. The molecule has 1 saturated heterocycles. The smallest absolute Gasteiger partial charge is 0.263 e. The molecule has 0 unspecified atom stereocenters. The van der Waals surface area contributed by atoms with Crippen LogP contribution >= 0.6 is 24.0 Å². The fourth-order valence-corrected chi connectivity index (χ4v) is 3.56. The molecule has 0 aromatic heterocycles. The first-order valence-corrected chi connectivity index (χ1v) is 9.67. The largest absolute Gasteiger partial charge is 0.490 e. The van der Waals surface area contributed by atoms with Gasteiger partial charge in [0.15, 0.2) is 0 Å². The van der Waals surface area contributed by atoms with Crippen molar-refractivity contribution in [2.45, 2.75) is 6.42 Å². The molecule has 0 spiro atoms. The van der Waals surface area contributed by atoms with Crippen molar-refractivity contribution in [1.29, 1.82) is 0 Å². The van der Waals surface area contributed by atoms with E-state index < -0.39 is 0 Å². The molecule has 0 radical (unpaired) electrons. The lowest BCUT2D eigenvalue weighted by atomic mass is 10.1. The molecule has 1 N–H and O–H groups in total. The van der Waals surface area contributed by atoms with Crippen molar-refractivity contribution < 1.29 is 14.3 Å². The van der Waals surface area contributed by atoms with Crippen LogP contribution in [0.3, 0.4) is 0 Å². The van der Waals surface area contributed by atoms with E-state index in [1.807, 2.05) is 60.7 Å². The number of hydrogen-bond acceptors (Lipinski definition) is 5. The van der Waals surface area contributed by atoms with Gasteiger partial charge < -0.3 is 14.8 Å². The predicted molar refractivity (Wildman–Crippen MR) is 114 cm³/mol. The first-order chi connectivity index (χ1) is 13.2. The molecule has 0 atom stereocenters. The van der Waals surface area contributed by atoms with Gasteiger partial charge in [-0.15, -0.1) is 6.58 Å². The Labute approximate surface area is 168 Å². The van der Waals surface area contributed by atoms with E-state index in [0.29, 0.717) is 22.4 Å². The highest BCUT2D eigenvalue weighted by atomic mass is 32.2. The van der Waals surface area contributed by atoms with Gasteiger partial charge in [0.1, 0.15) is 29.0 Å². The van der Waals surface area contributed by atoms with Crippen LogP contribution in [0.4, 0.5) is 0 Å². The van der Waals surface area contributed by atoms with Crippen LogP contribution in [-0.4, -0.2) is 23.4 Å². The van der Waals surface area contributed by atoms with E-state index in [9.17, 15) is 4.79 Å². The van der Waals surface area contributed by atoms with Gasteiger partial charge >= 0.3 is 0 Å². The Morgan fingerprint density at radius 1 is 1.07 bits per heavy atom. The third-order valence-corrected chi connectivity index (χ3v) is 4.93. The number of thiocarbonyl (C=S) groups is 1. The van der Waals surface area contributed by atoms with Crippen LogP contribution in [0.5, 0.6) is 11.5 Å². The lowest BCUT2D eigenvalue weighted by Crippen LogP contribution is -2.17. The fraction of sp³-hybridized carbons (Fsp3) is 0.143. The lowest BCUT2D eigenvalue weighted by molar-refractivity contribution is -0.115. The van der Waals surface area contributed by atoms with Crippen molar-refractivity contribution in [3.63, 3.8) is 0 Å². The summed E-state index contributed by atoms with van der Waals surface area (Å²) in [7, 11) is 0. The van der Waals surface area contributed by atoms with Crippen LogP contribution in [-0.2, 0) is 11.2 Å². The van der Waals surface area contributed by atoms with Crippen molar-refractivity contribution in [3.8, 4) is 11.5 Å². The number of nitrogens with one attached hydrogen (secondary N) is 1. The number of ether oxygens (including phenoxy) is 2. The summed E-state index contributed by atoms with van der Waals surface area (Å²) >= 11 is 6.25. The van der Waals surface area contributed by atoms with E-state index in [-0.39, 0.29) is 5.91 Å². The number of allylic oxidation sites excluding steroid dienone is 1. The Bertz CT molecular complexity index is 875. The highest BCUT2D eigenvalue weighted by molar-refractivity contribution is 8.26. The summed E-state index contributed by atoms with van der Waals surface area (Å²) in [6, 6.07) is 15.5. The first kappa shape index (κ1) is 19.2. The molecule has 1 heterocycles. The number of thioether (sulfide) groups is 1. The standard InChI is InChI=1S/C21H19NO3S2/c1-2-5-16-6-3-4-7-18(16)25-13-12-24-17-10-8-15(9-11-17)14-19-20(23)22-21(26)27-19/h2-4,6-11,14H,1,5,12-13H2,(H,22,23,26). The molecule has 6 heteroatoms. The number of para-hydroxylation sites is 1. The SMILES string of the molecule is C=CCc1ccccc1OCCOc1ccc(C=C2SC(=S)NC2=O)cc1. The molecular formula is C21H19NO3S2. The van der Waals surface area contributed by atoms with Crippen molar-refractivity contribution in [2.24, 2.45) is 0 Å². The molecule has 4 nitrogen and oxygen atoms in total. The zero-order valence-electron chi connectivity index (χ0n) is 14.6. The summed E-state index contributed by atoms with van der Waals surface area (Å²) in [6.45, 7) is 4.66. The number of rotatable bonds is 8. The second-order valence-electron chi connectivity index (χ2n) is 5.72. The van der Waals surface area contributed by atoms with E-state index >= 15 is 0 Å². The molecule has 1 amide bonds. The lowest BCUT2D eigenvalue weighted by Gasteiger charge is -2.11. The number of carbonyl (C=O) groups excluding carboxylic acids is 1. The van der Waals surface area contributed by atoms with Gasteiger partial charge in [0.2, 0.25) is 0 Å². The van der Waals surface area contributed by atoms with Gasteiger partial charge in [-0.3, -0.25) is 4.79 Å². The maximum atomic E-state index is 11.7. The minimum atomic E-state index is -0.154. The molecule has 1 aliphatic heterocycles. The quantitative estimate of drug-likeness (QED) is 0.310. The number of hydrogen-bond donors (Lipinski definition) is 1. The van der Waals surface area contributed by atoms with Gasteiger partial charge in [-0.25, -0.2) is 0 Å². The van der Waals surface area contributed by atoms with Crippen molar-refractivity contribution in [3.05, 3.63) is 77.2 Å². The maximum Gasteiger partial charge on any atom is 0.263 e. The van der Waals surface area contributed by atoms with Crippen molar-refractivity contribution in [1.82, 2.24) is 5.32 Å². The van der Waals surface area contributed by atoms with Crippen molar-refractivity contribution in [2.75, 3.05) is 13.2 Å². The molecule has 0 aliphatic carbocycles. The van der Waals surface area contributed by atoms with E-state index in [0.717, 1.165) is 29.0 Å². The monoisotopic (exact) mass is 397 g/mol. The van der Waals surface area contributed by atoms with E-state index in [4.69, 9.17) is 21.7 Å². The van der Waals surface area contributed by atoms with Gasteiger partial charge in [-0.2, -0.15) is 0 Å². The molecule has 0 bridgehead atoms. The minimum Gasteiger partial charge on any atom is -0.490 e. The summed E-state index contributed by atoms with van der Waals surface area (Å²) in [6.07, 6.45) is 4.44. The van der Waals surface area contributed by atoms with E-state index in [1.165, 1.54) is 11.8 Å². The Kier molecular flexibility index (Phi) is 6.68. The zero-order chi connectivity index (χ0) is 19.1. The van der Waals surface area contributed by atoms with Gasteiger partial charge in [-0.1, -0.05) is 60.4 Å². The molecule has 2 aromatic rings. The number of amides is 1. The molecule has 1 fully saturated rings. The van der Waals surface area contributed by atoms with Gasteiger partial charge in [-0.05, 0) is 41.8 Å². The molecule has 0 saturated carbocycles. The second kappa shape index (κ2) is 9.39. The summed E-state index contributed by atoms with van der Waals surface area (Å²) < 4.78 is 12.0. The Morgan fingerprint density at radius 2 is 1.81 bits per heavy atom. The molecular weight excluding hydrogens is 378 g/mol. The average Bonchev–Trinajstić information content (AvgIpc) is 2.98. The van der Waals surface area contributed by atoms with Crippen LogP contribution < -0.4 is 14.8 Å². The number of benzene rings is 2. The third kappa shape index (κ3) is 5.45. The Balaban J connectivity index is 1.50. The highest BCUT2D eigenvalue weighted by Crippen LogP contribution is 2.26. The molecule has 1 aliphatic rings. The van der Waals surface area contributed by atoms with Gasteiger partial charge in [0.25, 0.3) is 5.91 Å². The molecule has 27 heavy (non-hydrogen) atoms. The summed E-state index contributed by atoms with van der Waals surface area (Å²) in [5, 5.41) is 2.60. The van der Waals surface area contributed by atoms with E-state index in [1.54, 1.807) is 0 Å². The Hall–Kier alpha value is -2.57. The van der Waals surface area contributed by atoms with Crippen molar-refractivity contribution >= 4 is 40.3 Å². The minimum absolute atomic E-state index is 0.154. The molecule has 3 rings (SSSR count). The van der Waals surface area contributed by atoms with Crippen LogP contribution in [0.2, 0.25) is 0 Å². The van der Waals surface area contributed by atoms with Crippen LogP contribution in [0.1, 0.15) is 11.1 Å². The summed E-state index contributed by atoms with van der Waals surface area (Å²) in [5.41, 5.74) is 2.03. The van der Waals surface area contributed by atoms with Crippen LogP contribution in [0.25, 0.3) is 6.08 Å². The van der Waals surface area contributed by atoms with Crippen LogP contribution in [0.15, 0.2) is 66.1 Å². The topological polar surface area (TPSA) is 47.6 Å². The fourth-order valence-electron chi connectivity index (χ4n) is 2.51. The normalized spacial score (nSPS) is 14.9. The maximum absolute atomic E-state index is 11.7. The second-order valence-corrected chi connectivity index (χ2v) is 7.44. The van der Waals surface area contributed by atoms with E-state index in [2.05, 4.69) is 11.9 Å². The van der Waals surface area contributed by atoms with Gasteiger partial charge in [0, 0.05) is 0 Å². The third-order valence-electron chi connectivity index (χ3n) is 3.77. The predicted octanol–water partition coefficient (Wildman–Crippen LogP) is 4.36. The zero-order valence-corrected chi connectivity index (χ0v) is 16.3. The summed E-state index contributed by atoms with van der Waals surface area (Å²) in [4.78, 5) is 12.3. The average molecular weight is 398 g/mol. The molecule has 138 valence electrons. The Morgan fingerprint density at radius 3 is 2.52 bits per heavy atom. The van der Waals surface area contributed by atoms with Crippen LogP contribution in [0, 0.1) is 0 Å². The summed E-state index contributed by atoms with van der Waals surface area (Å²) in [5.74, 6) is 1.45. The first-order valence-electron chi connectivity index (χ1n) is 8.45. The van der Waals surface area contributed by atoms with Gasteiger partial charge in [0.05, 0.1) is 4.91 Å². The number of carbonyl (C=O) groups is 1. The highest BCUT2D eigenvalue weighted by Gasteiger charge is 2.21.